The molecule has 31 heavy (non-hydrogen) atoms. The Morgan fingerprint density at radius 3 is 2.74 bits per heavy atom. The first-order chi connectivity index (χ1) is 15.2. The zero-order valence-electron chi connectivity index (χ0n) is 17.5. The van der Waals surface area contributed by atoms with E-state index in [2.05, 4.69) is 35.3 Å². The van der Waals surface area contributed by atoms with Crippen LogP contribution in [0.4, 0.5) is 5.88 Å². The fourth-order valence-corrected chi connectivity index (χ4v) is 4.81. The summed E-state index contributed by atoms with van der Waals surface area (Å²) in [4.78, 5) is 21.4. The van der Waals surface area contributed by atoms with Crippen LogP contribution < -0.4 is 4.90 Å². The van der Waals surface area contributed by atoms with Crippen molar-refractivity contribution >= 4 is 11.8 Å². The van der Waals surface area contributed by atoms with Gasteiger partial charge in [0.25, 0.3) is 5.89 Å². The van der Waals surface area contributed by atoms with Crippen molar-refractivity contribution in [3.8, 4) is 17.7 Å². The molecule has 1 amide bonds. The van der Waals surface area contributed by atoms with Crippen molar-refractivity contribution in [2.24, 2.45) is 5.92 Å². The molecule has 1 aromatic carbocycles. The number of fused-ring (bicyclic) bond motifs is 1. The number of carbonyl (C=O) groups is 1. The summed E-state index contributed by atoms with van der Waals surface area (Å²) in [7, 11) is 1.93. The minimum absolute atomic E-state index is 0.0213. The van der Waals surface area contributed by atoms with Crippen molar-refractivity contribution in [2.75, 3.05) is 25.0 Å². The zero-order chi connectivity index (χ0) is 21.4. The molecule has 158 valence electrons. The SMILES string of the molecule is CN(C(=O)C1CCN(c2oc(-c3ccco3)nc2C#N)CC1)C1CCc2ccccc21. The fraction of sp³-hybridized carbons (Fsp3) is 0.375. The Hall–Kier alpha value is -3.53. The highest BCUT2D eigenvalue weighted by molar-refractivity contribution is 5.79. The normalized spacial score (nSPS) is 18.6. The predicted octanol–water partition coefficient (Wildman–Crippen LogP) is 4.17. The van der Waals surface area contributed by atoms with E-state index in [1.54, 1.807) is 18.4 Å². The van der Waals surface area contributed by atoms with Crippen LogP contribution in [0.2, 0.25) is 0 Å². The van der Waals surface area contributed by atoms with E-state index in [4.69, 9.17) is 8.83 Å². The van der Waals surface area contributed by atoms with E-state index in [-0.39, 0.29) is 23.6 Å². The van der Waals surface area contributed by atoms with Gasteiger partial charge in [-0.3, -0.25) is 4.79 Å². The average Bonchev–Trinajstić information content (AvgIpc) is 3.57. The molecule has 7 nitrogen and oxygen atoms in total. The number of piperidine rings is 1. The highest BCUT2D eigenvalue weighted by Crippen LogP contribution is 2.37. The second-order valence-corrected chi connectivity index (χ2v) is 8.23. The van der Waals surface area contributed by atoms with Crippen molar-refractivity contribution in [1.82, 2.24) is 9.88 Å². The third kappa shape index (κ3) is 3.48. The lowest BCUT2D eigenvalue weighted by Crippen LogP contribution is -2.42. The summed E-state index contributed by atoms with van der Waals surface area (Å²) in [6, 6.07) is 14.2. The molecular formula is C24H24N4O3. The van der Waals surface area contributed by atoms with Crippen molar-refractivity contribution in [2.45, 2.75) is 31.7 Å². The number of nitrogens with zero attached hydrogens (tertiary/aromatic N) is 4. The third-order valence-corrected chi connectivity index (χ3v) is 6.49. The van der Waals surface area contributed by atoms with Crippen molar-refractivity contribution in [3.63, 3.8) is 0 Å². The lowest BCUT2D eigenvalue weighted by atomic mass is 9.94. The molecule has 2 aliphatic rings. The van der Waals surface area contributed by atoms with E-state index >= 15 is 0 Å². The van der Waals surface area contributed by atoms with Crippen LogP contribution in [-0.2, 0) is 11.2 Å². The third-order valence-electron chi connectivity index (χ3n) is 6.49. The molecule has 1 unspecified atom stereocenters. The maximum Gasteiger partial charge on any atom is 0.266 e. The quantitative estimate of drug-likeness (QED) is 0.634. The Kier molecular flexibility index (Phi) is 4.99. The lowest BCUT2D eigenvalue weighted by Gasteiger charge is -2.35. The predicted molar refractivity (Wildman–Crippen MR) is 114 cm³/mol. The molecule has 0 spiro atoms. The van der Waals surface area contributed by atoms with Gasteiger partial charge in [0, 0.05) is 26.1 Å². The van der Waals surface area contributed by atoms with Gasteiger partial charge < -0.3 is 18.6 Å². The maximum absolute atomic E-state index is 13.2. The van der Waals surface area contributed by atoms with Crippen LogP contribution in [0.5, 0.6) is 0 Å². The van der Waals surface area contributed by atoms with Crippen LogP contribution in [-0.4, -0.2) is 35.9 Å². The fourth-order valence-electron chi connectivity index (χ4n) is 4.81. The molecule has 0 bridgehead atoms. The van der Waals surface area contributed by atoms with Gasteiger partial charge >= 0.3 is 0 Å². The Morgan fingerprint density at radius 1 is 1.19 bits per heavy atom. The molecule has 7 heteroatoms. The topological polar surface area (TPSA) is 86.5 Å². The van der Waals surface area contributed by atoms with Gasteiger partial charge in [0.05, 0.1) is 12.3 Å². The molecule has 2 aromatic heterocycles. The Morgan fingerprint density at radius 2 is 2.00 bits per heavy atom. The van der Waals surface area contributed by atoms with Crippen molar-refractivity contribution in [3.05, 3.63) is 59.5 Å². The maximum atomic E-state index is 13.2. The smallest absolute Gasteiger partial charge is 0.266 e. The van der Waals surface area contributed by atoms with Gasteiger partial charge in [-0.25, -0.2) is 0 Å². The molecule has 1 aliphatic carbocycles. The Labute approximate surface area is 180 Å². The van der Waals surface area contributed by atoms with Gasteiger partial charge in [-0.05, 0) is 48.9 Å². The second kappa shape index (κ2) is 7.95. The van der Waals surface area contributed by atoms with E-state index < -0.39 is 0 Å². The first-order valence-electron chi connectivity index (χ1n) is 10.7. The molecule has 3 heterocycles. The van der Waals surface area contributed by atoms with Crippen LogP contribution in [0.1, 0.15) is 42.1 Å². The molecule has 1 saturated heterocycles. The van der Waals surface area contributed by atoms with Crippen LogP contribution >= 0.6 is 0 Å². The number of furan rings is 1. The molecule has 1 fully saturated rings. The number of carbonyl (C=O) groups excluding carboxylic acids is 1. The number of hydrogen-bond acceptors (Lipinski definition) is 6. The van der Waals surface area contributed by atoms with Crippen LogP contribution in [0.15, 0.2) is 51.5 Å². The van der Waals surface area contributed by atoms with E-state index in [1.165, 1.54) is 11.1 Å². The van der Waals surface area contributed by atoms with E-state index in [0.29, 0.717) is 30.6 Å². The molecular weight excluding hydrogens is 392 g/mol. The number of aryl methyl sites for hydroxylation is 1. The summed E-state index contributed by atoms with van der Waals surface area (Å²) in [5.74, 6) is 1.43. The van der Waals surface area contributed by atoms with Crippen LogP contribution in [0.3, 0.4) is 0 Å². The highest BCUT2D eigenvalue weighted by Gasteiger charge is 2.34. The molecule has 0 radical (unpaired) electrons. The molecule has 3 aromatic rings. The Bertz CT molecular complexity index is 1120. The summed E-state index contributed by atoms with van der Waals surface area (Å²) < 4.78 is 11.2. The lowest BCUT2D eigenvalue weighted by molar-refractivity contribution is -0.137. The second-order valence-electron chi connectivity index (χ2n) is 8.23. The number of amides is 1. The van der Waals surface area contributed by atoms with Gasteiger partial charge in [0.15, 0.2) is 5.76 Å². The van der Waals surface area contributed by atoms with Gasteiger partial charge in [-0.15, -0.1) is 0 Å². The van der Waals surface area contributed by atoms with Crippen LogP contribution in [0.25, 0.3) is 11.7 Å². The monoisotopic (exact) mass is 416 g/mol. The number of aromatic nitrogens is 1. The molecule has 1 atom stereocenters. The largest absolute Gasteiger partial charge is 0.459 e. The number of rotatable bonds is 4. The average molecular weight is 416 g/mol. The Balaban J connectivity index is 1.26. The molecule has 0 N–H and O–H groups in total. The molecule has 1 aliphatic heterocycles. The standard InChI is InChI=1S/C24H24N4O3/c1-27(20-9-8-16-5-2-3-6-18(16)20)23(29)17-10-12-28(13-11-17)24-19(15-25)26-22(31-24)21-7-4-14-30-21/h2-7,14,17,20H,8-13H2,1H3. The van der Waals surface area contributed by atoms with Crippen LogP contribution in [0, 0.1) is 17.2 Å². The summed E-state index contributed by atoms with van der Waals surface area (Å²) >= 11 is 0. The van der Waals surface area contributed by atoms with Crippen molar-refractivity contribution < 1.29 is 13.6 Å². The van der Waals surface area contributed by atoms with Gasteiger partial charge in [-0.1, -0.05) is 24.3 Å². The van der Waals surface area contributed by atoms with E-state index in [0.717, 1.165) is 25.7 Å². The van der Waals surface area contributed by atoms with Gasteiger partial charge in [0.1, 0.15) is 6.07 Å². The summed E-state index contributed by atoms with van der Waals surface area (Å²) in [6.45, 7) is 1.29. The summed E-state index contributed by atoms with van der Waals surface area (Å²) in [5.41, 5.74) is 2.88. The zero-order valence-corrected chi connectivity index (χ0v) is 17.5. The molecule has 0 saturated carbocycles. The van der Waals surface area contributed by atoms with Gasteiger partial charge in [0.2, 0.25) is 17.5 Å². The first kappa shape index (κ1) is 19.4. The highest BCUT2D eigenvalue weighted by atomic mass is 16.4. The van der Waals surface area contributed by atoms with Crippen molar-refractivity contribution in [1.29, 1.82) is 5.26 Å². The first-order valence-corrected chi connectivity index (χ1v) is 10.7. The number of benzene rings is 1. The summed E-state index contributed by atoms with van der Waals surface area (Å²) in [6.07, 6.45) is 5.00. The number of nitriles is 1. The number of anilines is 1. The van der Waals surface area contributed by atoms with E-state index in [9.17, 15) is 10.1 Å². The van der Waals surface area contributed by atoms with Gasteiger partial charge in [-0.2, -0.15) is 10.2 Å². The van der Waals surface area contributed by atoms with E-state index in [1.807, 2.05) is 16.8 Å². The number of hydrogen-bond donors (Lipinski definition) is 0. The summed E-state index contributed by atoms with van der Waals surface area (Å²) in [5, 5.41) is 9.48. The molecule has 5 rings (SSSR count). The minimum Gasteiger partial charge on any atom is -0.459 e. The number of oxazole rings is 1. The minimum atomic E-state index is -0.0213.